The van der Waals surface area contributed by atoms with Gasteiger partial charge in [0.05, 0.1) is 0 Å². The number of hydrogen-bond acceptors (Lipinski definition) is 2. The van der Waals surface area contributed by atoms with E-state index < -0.39 is 0 Å². The molecule has 3 aromatic rings. The number of rotatable bonds is 2. The molecular weight excluding hydrogens is 314 g/mol. The molecule has 0 bridgehead atoms. The Morgan fingerprint density at radius 1 is 0.850 bits per heavy atom. The van der Waals surface area contributed by atoms with Crippen molar-refractivity contribution < 1.29 is 4.79 Å². The van der Waals surface area contributed by atoms with E-state index in [1.165, 1.54) is 0 Å². The maximum absolute atomic E-state index is 12.6. The first-order chi connectivity index (χ1) is 9.66. The molecule has 3 heteroatoms. The lowest BCUT2D eigenvalue weighted by Gasteiger charge is -2.08. The van der Waals surface area contributed by atoms with E-state index in [1.807, 2.05) is 36.4 Å². The molecule has 3 aromatic carbocycles. The van der Waals surface area contributed by atoms with Crippen LogP contribution >= 0.6 is 15.9 Å². The first-order valence-electron chi connectivity index (χ1n) is 6.24. The Kier molecular flexibility index (Phi) is 3.28. The average Bonchev–Trinajstić information content (AvgIpc) is 2.48. The summed E-state index contributed by atoms with van der Waals surface area (Å²) in [5.74, 6) is 0.00806. The summed E-state index contributed by atoms with van der Waals surface area (Å²) >= 11 is 3.52. The highest BCUT2D eigenvalue weighted by Gasteiger charge is 2.13. The molecule has 2 N–H and O–H groups in total. The van der Waals surface area contributed by atoms with Crippen LogP contribution in [0, 0.1) is 0 Å². The Balaban J connectivity index is 2.17. The summed E-state index contributed by atoms with van der Waals surface area (Å²) in [4.78, 5) is 12.6. The van der Waals surface area contributed by atoms with Gasteiger partial charge in [-0.15, -0.1) is 0 Å². The van der Waals surface area contributed by atoms with Crippen LogP contribution in [-0.4, -0.2) is 5.78 Å². The second kappa shape index (κ2) is 5.10. The van der Waals surface area contributed by atoms with E-state index in [0.717, 1.165) is 15.2 Å². The van der Waals surface area contributed by atoms with Crippen LogP contribution in [0.3, 0.4) is 0 Å². The highest BCUT2D eigenvalue weighted by Crippen LogP contribution is 2.28. The van der Waals surface area contributed by atoms with Gasteiger partial charge >= 0.3 is 0 Å². The molecule has 0 unspecified atom stereocenters. The fourth-order valence-electron chi connectivity index (χ4n) is 2.25. The average molecular weight is 326 g/mol. The van der Waals surface area contributed by atoms with Gasteiger partial charge in [-0.1, -0.05) is 40.2 Å². The molecule has 20 heavy (non-hydrogen) atoms. The van der Waals surface area contributed by atoms with E-state index >= 15 is 0 Å². The Labute approximate surface area is 125 Å². The Morgan fingerprint density at radius 2 is 1.50 bits per heavy atom. The standard InChI is InChI=1S/C17H12BrNO/c18-16-10-9-15(13-3-1-2-4-14(13)16)17(20)11-5-7-12(19)8-6-11/h1-10H,19H2. The van der Waals surface area contributed by atoms with Gasteiger partial charge < -0.3 is 5.73 Å². The Hall–Kier alpha value is -2.13. The van der Waals surface area contributed by atoms with E-state index in [9.17, 15) is 4.79 Å². The summed E-state index contributed by atoms with van der Waals surface area (Å²) < 4.78 is 0.988. The lowest BCUT2D eigenvalue weighted by Crippen LogP contribution is -2.02. The summed E-state index contributed by atoms with van der Waals surface area (Å²) in [6.45, 7) is 0. The lowest BCUT2D eigenvalue weighted by atomic mass is 9.97. The number of halogens is 1. The van der Waals surface area contributed by atoms with E-state index in [2.05, 4.69) is 15.9 Å². The van der Waals surface area contributed by atoms with Crippen molar-refractivity contribution in [1.29, 1.82) is 0 Å². The number of hydrogen-bond donors (Lipinski definition) is 1. The number of anilines is 1. The normalized spacial score (nSPS) is 10.7. The van der Waals surface area contributed by atoms with Crippen molar-refractivity contribution in [3.8, 4) is 0 Å². The fraction of sp³-hybridized carbons (Fsp3) is 0. The van der Waals surface area contributed by atoms with E-state index in [0.29, 0.717) is 16.8 Å². The predicted octanol–water partition coefficient (Wildman–Crippen LogP) is 4.42. The predicted molar refractivity (Wildman–Crippen MR) is 85.9 cm³/mol. The van der Waals surface area contributed by atoms with Gasteiger partial charge in [-0.25, -0.2) is 0 Å². The molecule has 98 valence electrons. The number of carbonyl (C=O) groups is 1. The van der Waals surface area contributed by atoms with Gasteiger partial charge in [-0.2, -0.15) is 0 Å². The Morgan fingerprint density at radius 3 is 2.20 bits per heavy atom. The molecular formula is C17H12BrNO. The second-order valence-corrected chi connectivity index (χ2v) is 5.45. The molecule has 2 nitrogen and oxygen atoms in total. The summed E-state index contributed by atoms with van der Waals surface area (Å²) in [6, 6.07) is 18.6. The van der Waals surface area contributed by atoms with Crippen molar-refractivity contribution in [1.82, 2.24) is 0 Å². The van der Waals surface area contributed by atoms with Crippen molar-refractivity contribution in [2.24, 2.45) is 0 Å². The molecule has 0 fully saturated rings. The minimum absolute atomic E-state index is 0.00806. The molecule has 0 heterocycles. The smallest absolute Gasteiger partial charge is 0.193 e. The molecule has 0 spiro atoms. The van der Waals surface area contributed by atoms with Crippen LogP contribution in [0.2, 0.25) is 0 Å². The van der Waals surface area contributed by atoms with Crippen LogP contribution in [0.15, 0.2) is 65.1 Å². The number of fused-ring (bicyclic) bond motifs is 1. The van der Waals surface area contributed by atoms with E-state index in [-0.39, 0.29) is 5.78 Å². The van der Waals surface area contributed by atoms with Crippen LogP contribution in [0.1, 0.15) is 15.9 Å². The van der Waals surface area contributed by atoms with Crippen LogP contribution < -0.4 is 5.73 Å². The summed E-state index contributed by atoms with van der Waals surface area (Å²) in [5, 5.41) is 1.98. The van der Waals surface area contributed by atoms with Crippen molar-refractivity contribution in [2.75, 3.05) is 5.73 Å². The quantitative estimate of drug-likeness (QED) is 0.560. The third-order valence-electron chi connectivity index (χ3n) is 3.29. The molecule has 0 amide bonds. The number of carbonyl (C=O) groups excluding carboxylic acids is 1. The van der Waals surface area contributed by atoms with Gasteiger partial charge in [0.2, 0.25) is 0 Å². The highest BCUT2D eigenvalue weighted by molar-refractivity contribution is 9.10. The van der Waals surface area contributed by atoms with Gasteiger partial charge in [0.15, 0.2) is 5.78 Å². The molecule has 0 radical (unpaired) electrons. The zero-order valence-corrected chi connectivity index (χ0v) is 12.2. The van der Waals surface area contributed by atoms with Gasteiger partial charge in [0.1, 0.15) is 0 Å². The first kappa shape index (κ1) is 12.9. The number of benzene rings is 3. The molecule has 0 saturated heterocycles. The zero-order valence-electron chi connectivity index (χ0n) is 10.6. The lowest BCUT2D eigenvalue weighted by molar-refractivity contribution is 0.104. The van der Waals surface area contributed by atoms with Gasteiger partial charge in [-0.3, -0.25) is 4.79 Å². The SMILES string of the molecule is Nc1ccc(C(=O)c2ccc(Br)c3ccccc23)cc1. The molecule has 0 atom stereocenters. The van der Waals surface area contributed by atoms with Crippen molar-refractivity contribution >= 4 is 38.2 Å². The van der Waals surface area contributed by atoms with Crippen molar-refractivity contribution in [2.45, 2.75) is 0 Å². The second-order valence-electron chi connectivity index (χ2n) is 4.59. The first-order valence-corrected chi connectivity index (χ1v) is 7.03. The molecule has 0 aliphatic rings. The highest BCUT2D eigenvalue weighted by atomic mass is 79.9. The molecule has 0 aromatic heterocycles. The third kappa shape index (κ3) is 2.21. The Bertz CT molecular complexity index is 794. The maximum Gasteiger partial charge on any atom is 0.193 e. The monoisotopic (exact) mass is 325 g/mol. The number of nitrogens with two attached hydrogens (primary N) is 1. The van der Waals surface area contributed by atoms with E-state index in [1.54, 1.807) is 24.3 Å². The van der Waals surface area contributed by atoms with Crippen molar-refractivity contribution in [3.05, 3.63) is 76.3 Å². The summed E-state index contributed by atoms with van der Waals surface area (Å²) in [6.07, 6.45) is 0. The van der Waals surface area contributed by atoms with Crippen LogP contribution in [-0.2, 0) is 0 Å². The van der Waals surface area contributed by atoms with Gasteiger partial charge in [-0.05, 0) is 47.2 Å². The fourth-order valence-corrected chi connectivity index (χ4v) is 2.73. The molecule has 0 aliphatic heterocycles. The van der Waals surface area contributed by atoms with Crippen molar-refractivity contribution in [3.63, 3.8) is 0 Å². The largest absolute Gasteiger partial charge is 0.399 e. The number of nitrogen functional groups attached to an aromatic ring is 1. The molecule has 0 saturated carbocycles. The maximum atomic E-state index is 12.6. The zero-order chi connectivity index (χ0) is 14.1. The van der Waals surface area contributed by atoms with Crippen LogP contribution in [0.4, 0.5) is 5.69 Å². The minimum Gasteiger partial charge on any atom is -0.399 e. The van der Waals surface area contributed by atoms with Gasteiger partial charge in [0, 0.05) is 21.3 Å². The number of ketones is 1. The summed E-state index contributed by atoms with van der Waals surface area (Å²) in [7, 11) is 0. The third-order valence-corrected chi connectivity index (χ3v) is 3.98. The van der Waals surface area contributed by atoms with Gasteiger partial charge in [0.25, 0.3) is 0 Å². The van der Waals surface area contributed by atoms with E-state index in [4.69, 9.17) is 5.73 Å². The van der Waals surface area contributed by atoms with Crippen LogP contribution in [0.25, 0.3) is 10.8 Å². The van der Waals surface area contributed by atoms with Crippen LogP contribution in [0.5, 0.6) is 0 Å². The summed E-state index contributed by atoms with van der Waals surface area (Å²) in [5.41, 5.74) is 7.66. The topological polar surface area (TPSA) is 43.1 Å². The minimum atomic E-state index is 0.00806. The molecule has 0 aliphatic carbocycles. The molecule has 3 rings (SSSR count).